The Bertz CT molecular complexity index is 467. The lowest BCUT2D eigenvalue weighted by Gasteiger charge is -2.11. The van der Waals surface area contributed by atoms with Gasteiger partial charge < -0.3 is 11.1 Å². The van der Waals surface area contributed by atoms with Crippen LogP contribution >= 0.6 is 0 Å². The molecule has 5 heteroatoms. The van der Waals surface area contributed by atoms with Crippen LogP contribution < -0.4 is 11.1 Å². The van der Waals surface area contributed by atoms with Crippen LogP contribution in [0, 0.1) is 0 Å². The summed E-state index contributed by atoms with van der Waals surface area (Å²) >= 11 is 0. The molecule has 1 amide bonds. The van der Waals surface area contributed by atoms with E-state index in [-0.39, 0.29) is 5.91 Å². The van der Waals surface area contributed by atoms with Crippen LogP contribution in [0.5, 0.6) is 0 Å². The first kappa shape index (κ1) is 11.3. The number of nitrogens with zero attached hydrogens (tertiary/aromatic N) is 1. The number of amides is 1. The van der Waals surface area contributed by atoms with Crippen molar-refractivity contribution in [1.82, 2.24) is 15.5 Å². The largest absolute Gasteiger partial charge is 0.349 e. The molecule has 0 aliphatic rings. The lowest BCUT2D eigenvalue weighted by Crippen LogP contribution is -2.33. The first-order valence-electron chi connectivity index (χ1n) is 5.34. The van der Waals surface area contributed by atoms with Crippen molar-refractivity contribution in [2.75, 3.05) is 0 Å². The van der Waals surface area contributed by atoms with Crippen molar-refractivity contribution >= 4 is 5.91 Å². The highest BCUT2D eigenvalue weighted by Crippen LogP contribution is 2.09. The molecule has 0 bridgehead atoms. The Morgan fingerprint density at radius 3 is 2.76 bits per heavy atom. The van der Waals surface area contributed by atoms with E-state index < -0.39 is 6.04 Å². The SMILES string of the molecule is N[C@H](C(=O)NCc1ccn[nH]1)c1ccccc1. The molecule has 5 nitrogen and oxygen atoms in total. The lowest BCUT2D eigenvalue weighted by atomic mass is 10.1. The van der Waals surface area contributed by atoms with Crippen LogP contribution in [0.3, 0.4) is 0 Å². The van der Waals surface area contributed by atoms with Gasteiger partial charge in [0.05, 0.1) is 12.2 Å². The summed E-state index contributed by atoms with van der Waals surface area (Å²) in [6.45, 7) is 0.402. The van der Waals surface area contributed by atoms with Crippen LogP contribution in [-0.2, 0) is 11.3 Å². The number of aromatic nitrogens is 2. The molecule has 0 aliphatic carbocycles. The molecular weight excluding hydrogens is 216 g/mol. The van der Waals surface area contributed by atoms with Gasteiger partial charge in [-0.1, -0.05) is 30.3 Å². The molecule has 88 valence electrons. The maximum absolute atomic E-state index is 11.8. The molecule has 0 aliphatic heterocycles. The molecule has 0 spiro atoms. The molecule has 1 heterocycles. The van der Waals surface area contributed by atoms with Gasteiger partial charge in [-0.25, -0.2) is 0 Å². The maximum Gasteiger partial charge on any atom is 0.241 e. The van der Waals surface area contributed by atoms with Gasteiger partial charge in [-0.05, 0) is 11.6 Å². The predicted molar refractivity (Wildman–Crippen MR) is 63.8 cm³/mol. The highest BCUT2D eigenvalue weighted by Gasteiger charge is 2.14. The van der Waals surface area contributed by atoms with Crippen LogP contribution in [0.2, 0.25) is 0 Å². The third-order valence-electron chi connectivity index (χ3n) is 2.45. The highest BCUT2D eigenvalue weighted by atomic mass is 16.2. The summed E-state index contributed by atoms with van der Waals surface area (Å²) in [5.74, 6) is -0.203. The number of carbonyl (C=O) groups excluding carboxylic acids is 1. The summed E-state index contributed by atoms with van der Waals surface area (Å²) in [7, 11) is 0. The fraction of sp³-hybridized carbons (Fsp3) is 0.167. The molecule has 2 rings (SSSR count). The Balaban J connectivity index is 1.92. The summed E-state index contributed by atoms with van der Waals surface area (Å²) in [4.78, 5) is 11.8. The molecule has 1 atom stereocenters. The highest BCUT2D eigenvalue weighted by molar-refractivity contribution is 5.82. The van der Waals surface area contributed by atoms with Crippen LogP contribution in [0.15, 0.2) is 42.6 Å². The molecule has 0 saturated carbocycles. The van der Waals surface area contributed by atoms with E-state index in [0.717, 1.165) is 11.3 Å². The standard InChI is InChI=1S/C12H14N4O/c13-11(9-4-2-1-3-5-9)12(17)14-8-10-6-7-15-16-10/h1-7,11H,8,13H2,(H,14,17)(H,15,16)/t11-/m0/s1. The molecule has 1 aromatic carbocycles. The molecule has 2 aromatic rings. The van der Waals surface area contributed by atoms with Gasteiger partial charge in [0.2, 0.25) is 5.91 Å². The second kappa shape index (κ2) is 5.27. The molecule has 4 N–H and O–H groups in total. The van der Waals surface area contributed by atoms with Crippen LogP contribution in [0.4, 0.5) is 0 Å². The number of rotatable bonds is 4. The molecule has 0 saturated heterocycles. The third kappa shape index (κ3) is 2.92. The summed E-state index contributed by atoms with van der Waals surface area (Å²) in [6, 6.07) is 10.4. The average Bonchev–Trinajstić information content (AvgIpc) is 2.89. The number of nitrogens with one attached hydrogen (secondary N) is 2. The molecular formula is C12H14N4O. The zero-order valence-electron chi connectivity index (χ0n) is 9.26. The number of hydrogen-bond donors (Lipinski definition) is 3. The number of benzene rings is 1. The van der Waals surface area contributed by atoms with Crippen molar-refractivity contribution in [1.29, 1.82) is 0 Å². The van der Waals surface area contributed by atoms with E-state index in [4.69, 9.17) is 5.73 Å². The second-order valence-electron chi connectivity index (χ2n) is 3.69. The Labute approximate surface area is 99.0 Å². The Morgan fingerprint density at radius 1 is 1.35 bits per heavy atom. The van der Waals surface area contributed by atoms with E-state index in [0.29, 0.717) is 6.54 Å². The van der Waals surface area contributed by atoms with E-state index in [1.54, 1.807) is 12.3 Å². The monoisotopic (exact) mass is 230 g/mol. The molecule has 0 fully saturated rings. The van der Waals surface area contributed by atoms with Crippen molar-refractivity contribution in [2.45, 2.75) is 12.6 Å². The van der Waals surface area contributed by atoms with Gasteiger partial charge in [-0.2, -0.15) is 5.10 Å². The Kier molecular flexibility index (Phi) is 3.52. The molecule has 1 aromatic heterocycles. The fourth-order valence-electron chi connectivity index (χ4n) is 1.49. The summed E-state index contributed by atoms with van der Waals surface area (Å²) in [5.41, 5.74) is 7.49. The lowest BCUT2D eigenvalue weighted by molar-refractivity contribution is -0.122. The molecule has 0 unspecified atom stereocenters. The van der Waals surface area contributed by atoms with Gasteiger partial charge >= 0.3 is 0 Å². The summed E-state index contributed by atoms with van der Waals surface area (Å²) in [6.07, 6.45) is 1.64. The zero-order chi connectivity index (χ0) is 12.1. The van der Waals surface area contributed by atoms with Crippen molar-refractivity contribution in [3.63, 3.8) is 0 Å². The van der Waals surface area contributed by atoms with E-state index in [9.17, 15) is 4.79 Å². The van der Waals surface area contributed by atoms with Crippen LogP contribution in [-0.4, -0.2) is 16.1 Å². The minimum atomic E-state index is -0.640. The average molecular weight is 230 g/mol. The number of hydrogen-bond acceptors (Lipinski definition) is 3. The van der Waals surface area contributed by atoms with Crippen molar-refractivity contribution in [3.05, 3.63) is 53.9 Å². The number of aromatic amines is 1. The topological polar surface area (TPSA) is 83.8 Å². The minimum Gasteiger partial charge on any atom is -0.349 e. The minimum absolute atomic E-state index is 0.203. The van der Waals surface area contributed by atoms with Gasteiger partial charge in [0.25, 0.3) is 0 Å². The summed E-state index contributed by atoms with van der Waals surface area (Å²) < 4.78 is 0. The Morgan fingerprint density at radius 2 is 2.12 bits per heavy atom. The quantitative estimate of drug-likeness (QED) is 0.723. The number of carbonyl (C=O) groups is 1. The van der Waals surface area contributed by atoms with E-state index in [1.165, 1.54) is 0 Å². The van der Waals surface area contributed by atoms with Crippen molar-refractivity contribution in [2.24, 2.45) is 5.73 Å². The zero-order valence-corrected chi connectivity index (χ0v) is 9.26. The predicted octanol–water partition coefficient (Wildman–Crippen LogP) is 0.726. The van der Waals surface area contributed by atoms with Gasteiger partial charge in [0, 0.05) is 6.20 Å². The van der Waals surface area contributed by atoms with E-state index in [2.05, 4.69) is 15.5 Å². The molecule has 17 heavy (non-hydrogen) atoms. The fourth-order valence-corrected chi connectivity index (χ4v) is 1.49. The van der Waals surface area contributed by atoms with Crippen molar-refractivity contribution in [3.8, 4) is 0 Å². The third-order valence-corrected chi connectivity index (χ3v) is 2.45. The van der Waals surface area contributed by atoms with Crippen LogP contribution in [0.25, 0.3) is 0 Å². The first-order valence-corrected chi connectivity index (χ1v) is 5.34. The van der Waals surface area contributed by atoms with Gasteiger partial charge in [-0.15, -0.1) is 0 Å². The van der Waals surface area contributed by atoms with E-state index >= 15 is 0 Å². The number of H-pyrrole nitrogens is 1. The van der Waals surface area contributed by atoms with E-state index in [1.807, 2.05) is 30.3 Å². The molecule has 0 radical (unpaired) electrons. The van der Waals surface area contributed by atoms with Gasteiger partial charge in [0.15, 0.2) is 0 Å². The van der Waals surface area contributed by atoms with Crippen molar-refractivity contribution < 1.29 is 4.79 Å². The van der Waals surface area contributed by atoms with Gasteiger partial charge in [-0.3, -0.25) is 9.89 Å². The second-order valence-corrected chi connectivity index (χ2v) is 3.69. The normalized spacial score (nSPS) is 12.1. The van der Waals surface area contributed by atoms with Crippen LogP contribution in [0.1, 0.15) is 17.3 Å². The smallest absolute Gasteiger partial charge is 0.241 e. The number of nitrogens with two attached hydrogens (primary N) is 1. The Hall–Kier alpha value is -2.14. The maximum atomic E-state index is 11.8. The first-order chi connectivity index (χ1) is 8.27. The van der Waals surface area contributed by atoms with Gasteiger partial charge in [0.1, 0.15) is 6.04 Å². The summed E-state index contributed by atoms with van der Waals surface area (Å²) in [5, 5.41) is 9.31.